The first-order chi connectivity index (χ1) is 11.5. The Morgan fingerprint density at radius 2 is 1.96 bits per heavy atom. The highest BCUT2D eigenvalue weighted by Gasteiger charge is 2.11. The predicted molar refractivity (Wildman–Crippen MR) is 94.1 cm³/mol. The van der Waals surface area contributed by atoms with Crippen LogP contribution in [0.25, 0.3) is 11.3 Å². The molecular weight excluding hydrogens is 324 g/mol. The van der Waals surface area contributed by atoms with E-state index in [0.717, 1.165) is 16.8 Å². The van der Waals surface area contributed by atoms with Gasteiger partial charge >= 0.3 is 0 Å². The fourth-order valence-corrected chi connectivity index (χ4v) is 2.58. The minimum Gasteiger partial charge on any atom is -0.305 e. The largest absolute Gasteiger partial charge is 0.305 e. The summed E-state index contributed by atoms with van der Waals surface area (Å²) in [4.78, 5) is 25.0. The molecule has 0 atom stereocenters. The lowest BCUT2D eigenvalue weighted by atomic mass is 10.1. The Balaban J connectivity index is 1.80. The highest BCUT2D eigenvalue weighted by atomic mass is 35.5. The van der Waals surface area contributed by atoms with E-state index in [9.17, 15) is 4.79 Å². The van der Waals surface area contributed by atoms with E-state index in [4.69, 9.17) is 11.6 Å². The molecule has 1 N–H and O–H groups in total. The van der Waals surface area contributed by atoms with Crippen LogP contribution in [0.15, 0.2) is 48.8 Å². The Bertz CT molecular complexity index is 874. The molecule has 3 rings (SSSR count). The molecule has 5 nitrogen and oxygen atoms in total. The van der Waals surface area contributed by atoms with E-state index in [1.54, 1.807) is 36.7 Å². The van der Waals surface area contributed by atoms with Crippen molar-refractivity contribution in [3.63, 3.8) is 0 Å². The van der Waals surface area contributed by atoms with Gasteiger partial charge in [-0.1, -0.05) is 11.6 Å². The monoisotopic (exact) mass is 338 g/mol. The van der Waals surface area contributed by atoms with Gasteiger partial charge in [0.15, 0.2) is 0 Å². The summed E-state index contributed by atoms with van der Waals surface area (Å²) in [7, 11) is 0. The van der Waals surface area contributed by atoms with Gasteiger partial charge in [0.05, 0.1) is 10.7 Å². The second kappa shape index (κ2) is 6.76. The van der Waals surface area contributed by atoms with Crippen molar-refractivity contribution in [2.75, 3.05) is 5.32 Å². The van der Waals surface area contributed by atoms with E-state index in [-0.39, 0.29) is 5.91 Å². The number of rotatable bonds is 3. The summed E-state index contributed by atoms with van der Waals surface area (Å²) in [6.45, 7) is 3.83. The number of halogens is 1. The van der Waals surface area contributed by atoms with Crippen LogP contribution >= 0.6 is 11.6 Å². The third-order valence-corrected chi connectivity index (χ3v) is 3.67. The summed E-state index contributed by atoms with van der Waals surface area (Å²) < 4.78 is 0. The Morgan fingerprint density at radius 1 is 1.12 bits per heavy atom. The number of nitrogens with one attached hydrogen (secondary N) is 1. The molecule has 3 aromatic rings. The molecule has 0 bridgehead atoms. The van der Waals surface area contributed by atoms with Crippen molar-refractivity contribution in [3.8, 4) is 11.3 Å². The van der Waals surface area contributed by atoms with Crippen LogP contribution in [0.5, 0.6) is 0 Å². The molecule has 3 heterocycles. The molecule has 24 heavy (non-hydrogen) atoms. The fourth-order valence-electron chi connectivity index (χ4n) is 2.35. The molecule has 0 fully saturated rings. The first-order valence-electron chi connectivity index (χ1n) is 7.36. The maximum Gasteiger partial charge on any atom is 0.275 e. The fraction of sp³-hybridized carbons (Fsp3) is 0.111. The molecule has 0 saturated carbocycles. The van der Waals surface area contributed by atoms with Gasteiger partial charge in [0.1, 0.15) is 11.5 Å². The number of hydrogen-bond donors (Lipinski definition) is 1. The first kappa shape index (κ1) is 16.1. The summed E-state index contributed by atoms with van der Waals surface area (Å²) in [5.74, 6) is 0.197. The molecule has 1 amide bonds. The smallest absolute Gasteiger partial charge is 0.275 e. The number of carbonyl (C=O) groups excluding carboxylic acids is 1. The van der Waals surface area contributed by atoms with E-state index >= 15 is 0 Å². The van der Waals surface area contributed by atoms with Gasteiger partial charge in [0, 0.05) is 23.7 Å². The molecule has 0 saturated heterocycles. The van der Waals surface area contributed by atoms with E-state index in [1.807, 2.05) is 26.0 Å². The summed E-state index contributed by atoms with van der Waals surface area (Å²) in [5.41, 5.74) is 3.56. The van der Waals surface area contributed by atoms with Crippen molar-refractivity contribution in [3.05, 3.63) is 70.8 Å². The molecule has 6 heteroatoms. The van der Waals surface area contributed by atoms with Gasteiger partial charge in [0.25, 0.3) is 5.91 Å². The predicted octanol–water partition coefficient (Wildman–Crippen LogP) is 4.06. The Kier molecular flexibility index (Phi) is 4.53. The van der Waals surface area contributed by atoms with Crippen LogP contribution in [0.4, 0.5) is 5.82 Å². The van der Waals surface area contributed by atoms with Gasteiger partial charge in [-0.25, -0.2) is 4.98 Å². The van der Waals surface area contributed by atoms with Gasteiger partial charge < -0.3 is 5.32 Å². The Labute approximate surface area is 144 Å². The zero-order valence-corrected chi connectivity index (χ0v) is 14.0. The number of pyridine rings is 3. The quantitative estimate of drug-likeness (QED) is 0.782. The zero-order valence-electron chi connectivity index (χ0n) is 13.2. The van der Waals surface area contributed by atoms with E-state index < -0.39 is 0 Å². The van der Waals surface area contributed by atoms with Gasteiger partial charge in [-0.3, -0.25) is 14.8 Å². The van der Waals surface area contributed by atoms with Crippen LogP contribution in [0.1, 0.15) is 21.7 Å². The molecule has 0 spiro atoms. The molecule has 3 aromatic heterocycles. The van der Waals surface area contributed by atoms with Crippen molar-refractivity contribution in [2.24, 2.45) is 0 Å². The van der Waals surface area contributed by atoms with Gasteiger partial charge in [-0.05, 0) is 55.8 Å². The normalized spacial score (nSPS) is 10.5. The average Bonchev–Trinajstić information content (AvgIpc) is 2.54. The number of hydrogen-bond acceptors (Lipinski definition) is 4. The minimum atomic E-state index is -0.314. The zero-order chi connectivity index (χ0) is 17.1. The third kappa shape index (κ3) is 3.58. The van der Waals surface area contributed by atoms with Crippen LogP contribution in [0, 0.1) is 13.8 Å². The topological polar surface area (TPSA) is 67.8 Å². The van der Waals surface area contributed by atoms with Gasteiger partial charge in [-0.2, -0.15) is 0 Å². The molecular formula is C18H15ClN4O. The van der Waals surface area contributed by atoms with Crippen LogP contribution in [0.3, 0.4) is 0 Å². The molecule has 0 unspecified atom stereocenters. The number of amides is 1. The lowest BCUT2D eigenvalue weighted by molar-refractivity contribution is 0.102. The van der Waals surface area contributed by atoms with Gasteiger partial charge in [-0.15, -0.1) is 0 Å². The molecule has 0 aromatic carbocycles. The first-order valence-corrected chi connectivity index (χ1v) is 7.74. The Hall–Kier alpha value is -2.79. The van der Waals surface area contributed by atoms with Crippen LogP contribution in [0.2, 0.25) is 5.02 Å². The molecule has 0 aliphatic heterocycles. The van der Waals surface area contributed by atoms with Crippen molar-refractivity contribution in [1.29, 1.82) is 0 Å². The Morgan fingerprint density at radius 3 is 2.62 bits per heavy atom. The van der Waals surface area contributed by atoms with E-state index in [0.29, 0.717) is 22.2 Å². The summed E-state index contributed by atoms with van der Waals surface area (Å²) in [5, 5.41) is 3.29. The van der Waals surface area contributed by atoms with Crippen LogP contribution in [-0.4, -0.2) is 20.9 Å². The van der Waals surface area contributed by atoms with Crippen molar-refractivity contribution in [1.82, 2.24) is 15.0 Å². The third-order valence-electron chi connectivity index (χ3n) is 3.37. The molecule has 0 aliphatic rings. The lowest BCUT2D eigenvalue weighted by Gasteiger charge is -2.07. The SMILES string of the molecule is Cc1cc(C)nc(NC(=O)c2ccc(-c3ncccc3Cl)cn2)c1. The number of aromatic nitrogens is 3. The number of anilines is 1. The van der Waals surface area contributed by atoms with Crippen molar-refractivity contribution < 1.29 is 4.79 Å². The standard InChI is InChI=1S/C18H15ClN4O/c1-11-8-12(2)22-16(9-11)23-18(24)15-6-5-13(10-21-15)17-14(19)4-3-7-20-17/h3-10H,1-2H3,(H,22,23,24). The maximum atomic E-state index is 12.3. The van der Waals surface area contributed by atoms with E-state index in [1.165, 1.54) is 0 Å². The van der Waals surface area contributed by atoms with Gasteiger partial charge in [0.2, 0.25) is 0 Å². The highest BCUT2D eigenvalue weighted by molar-refractivity contribution is 6.33. The average molecular weight is 339 g/mol. The van der Waals surface area contributed by atoms with Crippen LogP contribution < -0.4 is 5.32 Å². The molecule has 0 aliphatic carbocycles. The van der Waals surface area contributed by atoms with Crippen LogP contribution in [-0.2, 0) is 0 Å². The highest BCUT2D eigenvalue weighted by Crippen LogP contribution is 2.24. The summed E-state index contributed by atoms with van der Waals surface area (Å²) in [6.07, 6.45) is 3.24. The number of carbonyl (C=O) groups is 1. The second-order valence-corrected chi connectivity index (χ2v) is 5.80. The van der Waals surface area contributed by atoms with Crippen molar-refractivity contribution in [2.45, 2.75) is 13.8 Å². The molecule has 120 valence electrons. The number of aryl methyl sites for hydroxylation is 2. The maximum absolute atomic E-state index is 12.3. The summed E-state index contributed by atoms with van der Waals surface area (Å²) in [6, 6.07) is 10.7. The number of nitrogens with zero attached hydrogens (tertiary/aromatic N) is 3. The van der Waals surface area contributed by atoms with E-state index in [2.05, 4.69) is 20.3 Å². The lowest BCUT2D eigenvalue weighted by Crippen LogP contribution is -2.14. The second-order valence-electron chi connectivity index (χ2n) is 5.39. The minimum absolute atomic E-state index is 0.298. The summed E-state index contributed by atoms with van der Waals surface area (Å²) >= 11 is 6.12. The molecule has 0 radical (unpaired) electrons. The van der Waals surface area contributed by atoms with Crippen molar-refractivity contribution >= 4 is 23.3 Å².